The Morgan fingerprint density at radius 1 is 1.33 bits per heavy atom. The molecule has 21 heavy (non-hydrogen) atoms. The first-order valence-electron chi connectivity index (χ1n) is 7.06. The molecule has 1 unspecified atom stereocenters. The van der Waals surface area contributed by atoms with Gasteiger partial charge < -0.3 is 20.2 Å². The highest BCUT2D eigenvalue weighted by atomic mass is 16.4. The fraction of sp³-hybridized carbons (Fsp3) is 0.571. The lowest BCUT2D eigenvalue weighted by Gasteiger charge is -2.24. The van der Waals surface area contributed by atoms with Gasteiger partial charge in [0, 0.05) is 32.4 Å². The number of carboxylic acid groups (broad SMARTS) is 1. The van der Waals surface area contributed by atoms with Crippen molar-refractivity contribution < 1.29 is 20.1 Å². The monoisotopic (exact) mass is 295 g/mol. The van der Waals surface area contributed by atoms with Gasteiger partial charge in [-0.15, -0.1) is 0 Å². The van der Waals surface area contributed by atoms with Gasteiger partial charge in [0.2, 0.25) is 0 Å². The number of aromatic nitrogens is 1. The summed E-state index contributed by atoms with van der Waals surface area (Å²) in [5.74, 6) is -0.482. The summed E-state index contributed by atoms with van der Waals surface area (Å²) in [6.07, 6.45) is 1.72. The fourth-order valence-electron chi connectivity index (χ4n) is 2.54. The van der Waals surface area contributed by atoms with Gasteiger partial charge in [0.15, 0.2) is 0 Å². The Bertz CT molecular complexity index is 483. The second-order valence-corrected chi connectivity index (χ2v) is 5.16. The summed E-state index contributed by atoms with van der Waals surface area (Å²) in [5, 5.41) is 27.6. The zero-order chi connectivity index (χ0) is 15.2. The molecule has 0 radical (unpaired) electrons. The zero-order valence-corrected chi connectivity index (χ0v) is 11.9. The second-order valence-electron chi connectivity index (χ2n) is 5.16. The molecule has 2 rings (SSSR count). The van der Waals surface area contributed by atoms with Gasteiger partial charge in [-0.1, -0.05) is 0 Å². The summed E-state index contributed by atoms with van der Waals surface area (Å²) >= 11 is 0. The zero-order valence-electron chi connectivity index (χ0n) is 11.9. The second kappa shape index (κ2) is 7.35. The fourth-order valence-corrected chi connectivity index (χ4v) is 2.54. The number of rotatable bonds is 5. The Morgan fingerprint density at radius 3 is 2.86 bits per heavy atom. The van der Waals surface area contributed by atoms with E-state index in [0.29, 0.717) is 25.5 Å². The molecule has 1 aromatic heterocycles. The van der Waals surface area contributed by atoms with Crippen LogP contribution in [-0.2, 0) is 0 Å². The van der Waals surface area contributed by atoms with Crippen molar-refractivity contribution in [3.63, 3.8) is 0 Å². The summed E-state index contributed by atoms with van der Waals surface area (Å²) in [6, 6.07) is 3.18. The van der Waals surface area contributed by atoms with Gasteiger partial charge in [-0.3, -0.25) is 4.90 Å². The van der Waals surface area contributed by atoms with E-state index in [1.54, 1.807) is 18.3 Å². The Balaban J connectivity index is 2.05. The Labute approximate surface area is 123 Å². The highest BCUT2D eigenvalue weighted by Gasteiger charge is 2.21. The van der Waals surface area contributed by atoms with Gasteiger partial charge in [0.05, 0.1) is 12.7 Å². The third kappa shape index (κ3) is 4.13. The average molecular weight is 295 g/mol. The van der Waals surface area contributed by atoms with Crippen molar-refractivity contribution in [2.45, 2.75) is 12.5 Å². The Hall–Kier alpha value is -1.70. The average Bonchev–Trinajstić information content (AvgIpc) is 2.72. The topological polar surface area (TPSA) is 97.1 Å². The van der Waals surface area contributed by atoms with Gasteiger partial charge in [-0.2, -0.15) is 0 Å². The number of aliphatic hydroxyl groups excluding tert-OH is 2. The number of hydrogen-bond acceptors (Lipinski definition) is 6. The predicted octanol–water partition coefficient (Wildman–Crippen LogP) is -0.355. The molecule has 7 heteroatoms. The maximum atomic E-state index is 11.3. The first-order chi connectivity index (χ1) is 10.1. The van der Waals surface area contributed by atoms with Crippen LogP contribution < -0.4 is 4.90 Å². The van der Waals surface area contributed by atoms with Crippen LogP contribution in [0, 0.1) is 0 Å². The minimum Gasteiger partial charge on any atom is -0.478 e. The van der Waals surface area contributed by atoms with E-state index in [4.69, 9.17) is 5.11 Å². The molecule has 0 bridgehead atoms. The van der Waals surface area contributed by atoms with Crippen molar-refractivity contribution in [1.82, 2.24) is 9.88 Å². The number of pyridine rings is 1. The highest BCUT2D eigenvalue weighted by Crippen LogP contribution is 2.19. The normalized spacial score (nSPS) is 18.3. The number of β-amino-alcohol motifs (C(OH)–C–C–N with tert-alkyl or cyclic N) is 1. The minimum absolute atomic E-state index is 0.210. The number of aliphatic hydroxyl groups is 2. The first kappa shape index (κ1) is 15.7. The highest BCUT2D eigenvalue weighted by molar-refractivity contribution is 5.93. The lowest BCUT2D eigenvalue weighted by molar-refractivity contribution is 0.0612. The summed E-state index contributed by atoms with van der Waals surface area (Å²) in [7, 11) is 0. The summed E-state index contributed by atoms with van der Waals surface area (Å²) in [5.41, 5.74) is 0.210. The van der Waals surface area contributed by atoms with E-state index in [2.05, 4.69) is 9.88 Å². The molecule has 1 fully saturated rings. The van der Waals surface area contributed by atoms with Crippen LogP contribution in [0.15, 0.2) is 18.3 Å². The Morgan fingerprint density at radius 2 is 2.14 bits per heavy atom. The van der Waals surface area contributed by atoms with Crippen molar-refractivity contribution in [2.24, 2.45) is 0 Å². The molecule has 1 atom stereocenters. The molecule has 1 saturated heterocycles. The molecule has 1 aliphatic rings. The van der Waals surface area contributed by atoms with Crippen LogP contribution in [0.1, 0.15) is 16.8 Å². The largest absolute Gasteiger partial charge is 0.478 e. The molecule has 0 aromatic carbocycles. The lowest BCUT2D eigenvalue weighted by Crippen LogP contribution is -2.37. The van der Waals surface area contributed by atoms with Crippen LogP contribution >= 0.6 is 0 Å². The molecule has 2 heterocycles. The van der Waals surface area contributed by atoms with E-state index < -0.39 is 12.1 Å². The molecular formula is C14H21N3O4. The van der Waals surface area contributed by atoms with Gasteiger partial charge in [-0.05, 0) is 25.1 Å². The van der Waals surface area contributed by atoms with Crippen LogP contribution in [0.25, 0.3) is 0 Å². The molecular weight excluding hydrogens is 274 g/mol. The third-order valence-electron chi connectivity index (χ3n) is 3.58. The van der Waals surface area contributed by atoms with Crippen molar-refractivity contribution in [3.05, 3.63) is 23.9 Å². The third-order valence-corrected chi connectivity index (χ3v) is 3.58. The maximum absolute atomic E-state index is 11.3. The predicted molar refractivity (Wildman–Crippen MR) is 77.6 cm³/mol. The molecule has 3 N–H and O–H groups in total. The van der Waals surface area contributed by atoms with E-state index in [0.717, 1.165) is 19.5 Å². The molecule has 0 spiro atoms. The van der Waals surface area contributed by atoms with Crippen molar-refractivity contribution in [2.75, 3.05) is 44.2 Å². The van der Waals surface area contributed by atoms with E-state index in [1.165, 1.54) is 0 Å². The number of aromatic carboxylic acids is 1. The lowest BCUT2D eigenvalue weighted by atomic mass is 10.2. The number of hydrogen-bond donors (Lipinski definition) is 3. The molecule has 1 aliphatic heterocycles. The summed E-state index contributed by atoms with van der Waals surface area (Å²) < 4.78 is 0. The van der Waals surface area contributed by atoms with Gasteiger partial charge in [0.1, 0.15) is 11.4 Å². The van der Waals surface area contributed by atoms with Crippen molar-refractivity contribution in [3.8, 4) is 0 Å². The first-order valence-corrected chi connectivity index (χ1v) is 7.06. The molecule has 0 aliphatic carbocycles. The van der Waals surface area contributed by atoms with Crippen LogP contribution in [0.5, 0.6) is 0 Å². The number of nitrogens with zero attached hydrogens (tertiary/aromatic N) is 3. The molecule has 0 amide bonds. The van der Waals surface area contributed by atoms with Gasteiger partial charge >= 0.3 is 5.97 Å². The molecule has 116 valence electrons. The van der Waals surface area contributed by atoms with E-state index in [9.17, 15) is 15.0 Å². The quantitative estimate of drug-likeness (QED) is 0.683. The van der Waals surface area contributed by atoms with Gasteiger partial charge in [-0.25, -0.2) is 9.78 Å². The van der Waals surface area contributed by atoms with E-state index in [1.807, 2.05) is 4.90 Å². The van der Waals surface area contributed by atoms with Crippen LogP contribution in [0.3, 0.4) is 0 Å². The summed E-state index contributed by atoms with van der Waals surface area (Å²) in [6.45, 7) is 3.07. The number of carboxylic acids is 1. The smallest absolute Gasteiger partial charge is 0.339 e. The minimum atomic E-state index is -0.977. The SMILES string of the molecule is O=C(O)c1cccnc1N1CCCN(CC(O)CO)CC1. The van der Waals surface area contributed by atoms with Gasteiger partial charge in [0.25, 0.3) is 0 Å². The standard InChI is InChI=1S/C14H21N3O4/c18-10-11(19)9-16-5-2-6-17(8-7-16)13-12(14(20)21)3-1-4-15-13/h1,3-4,11,18-19H,2,5-10H2,(H,20,21). The Kier molecular flexibility index (Phi) is 5.49. The number of carbonyl (C=O) groups is 1. The van der Waals surface area contributed by atoms with E-state index in [-0.39, 0.29) is 12.2 Å². The van der Waals surface area contributed by atoms with Crippen LogP contribution in [0.4, 0.5) is 5.82 Å². The molecule has 0 saturated carbocycles. The molecule has 1 aromatic rings. The van der Waals surface area contributed by atoms with E-state index >= 15 is 0 Å². The van der Waals surface area contributed by atoms with Crippen molar-refractivity contribution >= 4 is 11.8 Å². The number of anilines is 1. The molecule has 7 nitrogen and oxygen atoms in total. The van der Waals surface area contributed by atoms with Crippen molar-refractivity contribution in [1.29, 1.82) is 0 Å². The van der Waals surface area contributed by atoms with Crippen LogP contribution in [-0.4, -0.2) is 76.6 Å². The van der Waals surface area contributed by atoms with Crippen LogP contribution in [0.2, 0.25) is 0 Å². The summed E-state index contributed by atoms with van der Waals surface area (Å²) in [4.78, 5) is 19.5. The maximum Gasteiger partial charge on any atom is 0.339 e.